The fourth-order valence-electron chi connectivity index (χ4n) is 3.84. The summed E-state index contributed by atoms with van der Waals surface area (Å²) in [5, 5.41) is 3.58. The lowest BCUT2D eigenvalue weighted by Gasteiger charge is -2.33. The van der Waals surface area contributed by atoms with E-state index in [0.717, 1.165) is 6.54 Å². The summed E-state index contributed by atoms with van der Waals surface area (Å²) in [6, 6.07) is 6.60. The van der Waals surface area contributed by atoms with Crippen molar-refractivity contribution in [3.8, 4) is 0 Å². The smallest absolute Gasteiger partial charge is 0.0756 e. The maximum Gasteiger partial charge on any atom is 0.0756 e. The first-order valence-corrected chi connectivity index (χ1v) is 8.16. The average molecular weight is 273 g/mol. The van der Waals surface area contributed by atoms with E-state index in [2.05, 4.69) is 37.4 Å². The minimum Gasteiger partial charge on any atom is -0.382 e. The van der Waals surface area contributed by atoms with Gasteiger partial charge in [0, 0.05) is 12.2 Å². The highest BCUT2D eigenvalue weighted by atomic mass is 16.5. The quantitative estimate of drug-likeness (QED) is 0.869. The standard InChI is InChI=1S/C18H27NO/c1-14-6-7-17(15(2)12-14)19-13-16-8-11-18(20-16)9-4-3-5-10-18/h6-7,12,16,19H,3-5,8-11,13H2,1-2H3. The second-order valence-electron chi connectivity index (χ2n) is 6.72. The molecule has 0 amide bonds. The first-order valence-electron chi connectivity index (χ1n) is 8.16. The molecule has 1 aromatic rings. The minimum absolute atomic E-state index is 0.243. The highest BCUT2D eigenvalue weighted by molar-refractivity contribution is 5.51. The summed E-state index contributed by atoms with van der Waals surface area (Å²) in [5.41, 5.74) is 4.15. The van der Waals surface area contributed by atoms with Gasteiger partial charge in [0.15, 0.2) is 0 Å². The van der Waals surface area contributed by atoms with Crippen molar-refractivity contribution in [2.24, 2.45) is 0 Å². The molecular formula is C18H27NO. The van der Waals surface area contributed by atoms with Crippen LogP contribution >= 0.6 is 0 Å². The number of anilines is 1. The second kappa shape index (κ2) is 5.77. The zero-order valence-electron chi connectivity index (χ0n) is 12.9. The molecule has 20 heavy (non-hydrogen) atoms. The summed E-state index contributed by atoms with van der Waals surface area (Å²) in [6.45, 7) is 5.27. The number of nitrogens with one attached hydrogen (secondary N) is 1. The lowest BCUT2D eigenvalue weighted by molar-refractivity contribution is -0.0588. The van der Waals surface area contributed by atoms with Crippen LogP contribution in [0.3, 0.4) is 0 Å². The van der Waals surface area contributed by atoms with E-state index in [0.29, 0.717) is 6.10 Å². The van der Waals surface area contributed by atoms with Crippen molar-refractivity contribution in [3.05, 3.63) is 29.3 Å². The van der Waals surface area contributed by atoms with Crippen LogP contribution in [0.5, 0.6) is 0 Å². The van der Waals surface area contributed by atoms with Crippen LogP contribution < -0.4 is 5.32 Å². The summed E-state index contributed by atoms with van der Waals surface area (Å²) in [5.74, 6) is 0. The van der Waals surface area contributed by atoms with Gasteiger partial charge in [-0.05, 0) is 51.2 Å². The van der Waals surface area contributed by atoms with Crippen molar-refractivity contribution in [2.45, 2.75) is 70.5 Å². The first kappa shape index (κ1) is 13.9. The van der Waals surface area contributed by atoms with E-state index >= 15 is 0 Å². The van der Waals surface area contributed by atoms with Gasteiger partial charge >= 0.3 is 0 Å². The third kappa shape index (κ3) is 3.01. The van der Waals surface area contributed by atoms with E-state index in [1.807, 2.05) is 0 Å². The van der Waals surface area contributed by atoms with Gasteiger partial charge in [0.25, 0.3) is 0 Å². The summed E-state index contributed by atoms with van der Waals surface area (Å²) in [4.78, 5) is 0. The van der Waals surface area contributed by atoms with Crippen LogP contribution in [0, 0.1) is 13.8 Å². The topological polar surface area (TPSA) is 21.3 Å². The Morgan fingerprint density at radius 1 is 1.15 bits per heavy atom. The Hall–Kier alpha value is -1.02. The summed E-state index contributed by atoms with van der Waals surface area (Å²) in [7, 11) is 0. The van der Waals surface area contributed by atoms with Gasteiger partial charge in [0.1, 0.15) is 0 Å². The molecule has 3 rings (SSSR count). The first-order chi connectivity index (χ1) is 9.67. The van der Waals surface area contributed by atoms with Crippen LogP contribution in [0.1, 0.15) is 56.1 Å². The molecule has 110 valence electrons. The molecule has 1 saturated carbocycles. The summed E-state index contributed by atoms with van der Waals surface area (Å²) in [6.07, 6.45) is 9.57. The van der Waals surface area contributed by atoms with Crippen molar-refractivity contribution in [1.29, 1.82) is 0 Å². The molecule has 1 unspecified atom stereocenters. The van der Waals surface area contributed by atoms with E-state index in [9.17, 15) is 0 Å². The van der Waals surface area contributed by atoms with Gasteiger partial charge in [0.2, 0.25) is 0 Å². The van der Waals surface area contributed by atoms with Gasteiger partial charge in [-0.3, -0.25) is 0 Å². The predicted molar refractivity (Wildman–Crippen MR) is 84.3 cm³/mol. The van der Waals surface area contributed by atoms with Gasteiger partial charge in [-0.25, -0.2) is 0 Å². The van der Waals surface area contributed by atoms with Gasteiger partial charge < -0.3 is 10.1 Å². The monoisotopic (exact) mass is 273 g/mol. The molecule has 0 bridgehead atoms. The Bertz CT molecular complexity index is 462. The molecule has 1 N–H and O–H groups in total. The largest absolute Gasteiger partial charge is 0.382 e. The van der Waals surface area contributed by atoms with Crippen LogP contribution in [-0.4, -0.2) is 18.2 Å². The molecule has 1 aliphatic carbocycles. The molecule has 1 saturated heterocycles. The third-order valence-electron chi connectivity index (χ3n) is 5.01. The Balaban J connectivity index is 1.54. The second-order valence-corrected chi connectivity index (χ2v) is 6.72. The van der Waals surface area contributed by atoms with Gasteiger partial charge in [-0.1, -0.05) is 37.0 Å². The van der Waals surface area contributed by atoms with Gasteiger partial charge in [0.05, 0.1) is 11.7 Å². The molecule has 1 aliphatic heterocycles. The molecule has 1 spiro atoms. The highest BCUT2D eigenvalue weighted by Gasteiger charge is 2.40. The van der Waals surface area contributed by atoms with Crippen LogP contribution in [0.25, 0.3) is 0 Å². The fourth-order valence-corrected chi connectivity index (χ4v) is 3.84. The molecule has 1 heterocycles. The maximum absolute atomic E-state index is 6.41. The number of hydrogen-bond donors (Lipinski definition) is 1. The lowest BCUT2D eigenvalue weighted by atomic mass is 9.83. The zero-order valence-corrected chi connectivity index (χ0v) is 12.9. The molecule has 1 aromatic carbocycles. The molecule has 1 atom stereocenters. The van der Waals surface area contributed by atoms with Crippen molar-refractivity contribution in [2.75, 3.05) is 11.9 Å². The summed E-state index contributed by atoms with van der Waals surface area (Å²) >= 11 is 0. The van der Waals surface area contributed by atoms with E-state index in [-0.39, 0.29) is 5.60 Å². The van der Waals surface area contributed by atoms with Crippen LogP contribution in [0.4, 0.5) is 5.69 Å². The van der Waals surface area contributed by atoms with Crippen molar-refractivity contribution in [1.82, 2.24) is 0 Å². The van der Waals surface area contributed by atoms with Crippen LogP contribution in [0.15, 0.2) is 18.2 Å². The van der Waals surface area contributed by atoms with E-state index in [4.69, 9.17) is 4.74 Å². The number of benzene rings is 1. The predicted octanol–water partition coefficient (Wildman–Crippen LogP) is 4.60. The zero-order chi connectivity index (χ0) is 14.0. The van der Waals surface area contributed by atoms with E-state index in [1.54, 1.807) is 0 Å². The maximum atomic E-state index is 6.41. The van der Waals surface area contributed by atoms with Crippen molar-refractivity contribution >= 4 is 5.69 Å². The molecule has 2 aliphatic rings. The Kier molecular flexibility index (Phi) is 4.02. The number of hydrogen-bond acceptors (Lipinski definition) is 2. The lowest BCUT2D eigenvalue weighted by Crippen LogP contribution is -2.33. The Labute approximate surface area is 122 Å². The fraction of sp³-hybridized carbons (Fsp3) is 0.667. The molecule has 0 aromatic heterocycles. The number of rotatable bonds is 3. The Morgan fingerprint density at radius 3 is 2.70 bits per heavy atom. The minimum atomic E-state index is 0.243. The molecule has 0 radical (unpaired) electrons. The summed E-state index contributed by atoms with van der Waals surface area (Å²) < 4.78 is 6.41. The van der Waals surface area contributed by atoms with Gasteiger partial charge in [-0.2, -0.15) is 0 Å². The van der Waals surface area contributed by atoms with Crippen LogP contribution in [0.2, 0.25) is 0 Å². The average Bonchev–Trinajstić information content (AvgIpc) is 2.82. The van der Waals surface area contributed by atoms with Crippen molar-refractivity contribution < 1.29 is 4.74 Å². The molecule has 2 fully saturated rings. The SMILES string of the molecule is Cc1ccc(NCC2CCC3(CCCCC3)O2)c(C)c1. The molecular weight excluding hydrogens is 246 g/mol. The number of ether oxygens (including phenoxy) is 1. The molecule has 2 heteroatoms. The number of aryl methyl sites for hydroxylation is 2. The normalized spacial score (nSPS) is 25.0. The van der Waals surface area contributed by atoms with Gasteiger partial charge in [-0.15, -0.1) is 0 Å². The van der Waals surface area contributed by atoms with Crippen LogP contribution in [-0.2, 0) is 4.74 Å². The van der Waals surface area contributed by atoms with E-state index in [1.165, 1.54) is 61.8 Å². The highest BCUT2D eigenvalue weighted by Crippen LogP contribution is 2.41. The molecule has 2 nitrogen and oxygen atoms in total. The van der Waals surface area contributed by atoms with E-state index < -0.39 is 0 Å². The Morgan fingerprint density at radius 2 is 1.95 bits per heavy atom. The van der Waals surface area contributed by atoms with Crippen molar-refractivity contribution in [3.63, 3.8) is 0 Å². The third-order valence-corrected chi connectivity index (χ3v) is 5.01.